The zero-order chi connectivity index (χ0) is 15.7. The summed E-state index contributed by atoms with van der Waals surface area (Å²) in [7, 11) is 0. The molecule has 0 fully saturated rings. The van der Waals surface area contributed by atoms with Crippen LogP contribution in [-0.2, 0) is 6.54 Å². The zero-order valence-electron chi connectivity index (χ0n) is 11.4. The lowest BCUT2D eigenvalue weighted by Crippen LogP contribution is -2.21. The van der Waals surface area contributed by atoms with Gasteiger partial charge in [-0.3, -0.25) is 9.36 Å². The molecule has 0 spiro atoms. The first-order chi connectivity index (χ1) is 10.5. The normalized spacial score (nSPS) is 10.8. The predicted molar refractivity (Wildman–Crippen MR) is 86.2 cm³/mol. The summed E-state index contributed by atoms with van der Waals surface area (Å²) in [4.78, 5) is 27.6. The molecule has 0 bridgehead atoms. The molecular weight excluding hydrogens is 348 g/mol. The van der Waals surface area contributed by atoms with E-state index in [1.807, 2.05) is 6.07 Å². The number of halogens is 1. The van der Waals surface area contributed by atoms with Crippen LogP contribution in [0.4, 0.5) is 0 Å². The Bertz CT molecular complexity index is 917. The van der Waals surface area contributed by atoms with Crippen LogP contribution in [-0.4, -0.2) is 20.6 Å². The van der Waals surface area contributed by atoms with Gasteiger partial charge in [0.25, 0.3) is 5.56 Å². The number of hydrogen-bond donors (Lipinski definition) is 1. The Morgan fingerprint density at radius 1 is 1.18 bits per heavy atom. The van der Waals surface area contributed by atoms with E-state index in [2.05, 4.69) is 20.9 Å². The molecule has 1 N–H and O–H groups in total. The first-order valence-electron chi connectivity index (χ1n) is 6.51. The Morgan fingerprint density at radius 2 is 1.91 bits per heavy atom. The molecule has 110 valence electrons. The van der Waals surface area contributed by atoms with E-state index < -0.39 is 5.97 Å². The van der Waals surface area contributed by atoms with Gasteiger partial charge < -0.3 is 5.11 Å². The molecule has 0 radical (unpaired) electrons. The average Bonchev–Trinajstić information content (AvgIpc) is 2.51. The smallest absolute Gasteiger partial charge is 0.335 e. The van der Waals surface area contributed by atoms with Gasteiger partial charge in [-0.15, -0.1) is 0 Å². The van der Waals surface area contributed by atoms with Crippen molar-refractivity contribution < 1.29 is 9.90 Å². The van der Waals surface area contributed by atoms with Crippen molar-refractivity contribution in [2.75, 3.05) is 0 Å². The van der Waals surface area contributed by atoms with Gasteiger partial charge in [0, 0.05) is 4.47 Å². The van der Waals surface area contributed by atoms with Crippen molar-refractivity contribution in [1.29, 1.82) is 0 Å². The van der Waals surface area contributed by atoms with Crippen LogP contribution in [0.3, 0.4) is 0 Å². The number of rotatable bonds is 3. The SMILES string of the molecule is O=C(O)c1ccc(Cn2cnc3ccc(Br)cc3c2=O)cc1. The van der Waals surface area contributed by atoms with E-state index in [1.165, 1.54) is 23.0 Å². The number of aromatic nitrogens is 2. The number of aromatic carboxylic acids is 1. The monoisotopic (exact) mass is 358 g/mol. The maximum Gasteiger partial charge on any atom is 0.335 e. The maximum absolute atomic E-state index is 12.5. The van der Waals surface area contributed by atoms with Crippen molar-refractivity contribution in [3.8, 4) is 0 Å². The standard InChI is InChI=1S/C16H11BrN2O3/c17-12-5-6-14-13(7-12)15(20)19(9-18-14)8-10-1-3-11(4-2-10)16(21)22/h1-7,9H,8H2,(H,21,22). The molecule has 0 aliphatic heterocycles. The van der Waals surface area contributed by atoms with Crippen molar-refractivity contribution in [3.63, 3.8) is 0 Å². The van der Waals surface area contributed by atoms with Crippen molar-refractivity contribution >= 4 is 32.8 Å². The molecule has 0 saturated heterocycles. The first kappa shape index (κ1) is 14.5. The molecule has 3 rings (SSSR count). The summed E-state index contributed by atoms with van der Waals surface area (Å²) >= 11 is 3.35. The zero-order valence-corrected chi connectivity index (χ0v) is 12.9. The number of nitrogens with zero attached hydrogens (tertiary/aromatic N) is 2. The highest BCUT2D eigenvalue weighted by Crippen LogP contribution is 2.15. The maximum atomic E-state index is 12.5. The number of carboxylic acids is 1. The van der Waals surface area contributed by atoms with Crippen molar-refractivity contribution in [2.24, 2.45) is 0 Å². The highest BCUT2D eigenvalue weighted by atomic mass is 79.9. The Morgan fingerprint density at radius 3 is 2.59 bits per heavy atom. The van der Waals surface area contributed by atoms with Gasteiger partial charge in [0.1, 0.15) is 0 Å². The highest BCUT2D eigenvalue weighted by molar-refractivity contribution is 9.10. The lowest BCUT2D eigenvalue weighted by molar-refractivity contribution is 0.0697. The van der Waals surface area contributed by atoms with Gasteiger partial charge in [-0.2, -0.15) is 0 Å². The Kier molecular flexibility index (Phi) is 3.77. The molecule has 1 aromatic heterocycles. The first-order valence-corrected chi connectivity index (χ1v) is 7.31. The van der Waals surface area contributed by atoms with E-state index in [9.17, 15) is 9.59 Å². The average molecular weight is 359 g/mol. The fourth-order valence-electron chi connectivity index (χ4n) is 2.19. The molecule has 5 nitrogen and oxygen atoms in total. The second-order valence-electron chi connectivity index (χ2n) is 4.84. The van der Waals surface area contributed by atoms with E-state index in [1.54, 1.807) is 24.3 Å². The van der Waals surface area contributed by atoms with Gasteiger partial charge in [-0.05, 0) is 35.9 Å². The van der Waals surface area contributed by atoms with E-state index in [0.717, 1.165) is 10.0 Å². The number of fused-ring (bicyclic) bond motifs is 1. The van der Waals surface area contributed by atoms with Crippen LogP contribution >= 0.6 is 15.9 Å². The third-order valence-corrected chi connectivity index (χ3v) is 3.83. The summed E-state index contributed by atoms with van der Waals surface area (Å²) in [6, 6.07) is 11.8. The van der Waals surface area contributed by atoms with Crippen LogP contribution in [0, 0.1) is 0 Å². The van der Waals surface area contributed by atoms with Crippen LogP contribution in [0.25, 0.3) is 10.9 Å². The summed E-state index contributed by atoms with van der Waals surface area (Å²) in [5, 5.41) is 9.43. The van der Waals surface area contributed by atoms with Gasteiger partial charge in [-0.25, -0.2) is 9.78 Å². The highest BCUT2D eigenvalue weighted by Gasteiger charge is 2.06. The fourth-order valence-corrected chi connectivity index (χ4v) is 2.55. The van der Waals surface area contributed by atoms with Gasteiger partial charge in [-0.1, -0.05) is 28.1 Å². The van der Waals surface area contributed by atoms with E-state index >= 15 is 0 Å². The minimum Gasteiger partial charge on any atom is -0.478 e. The van der Waals surface area contributed by atoms with E-state index in [0.29, 0.717) is 17.4 Å². The van der Waals surface area contributed by atoms with Crippen LogP contribution in [0.15, 0.2) is 58.1 Å². The Labute approximate surface area is 134 Å². The molecule has 0 aliphatic carbocycles. The van der Waals surface area contributed by atoms with Crippen molar-refractivity contribution in [2.45, 2.75) is 6.54 Å². The molecule has 0 aliphatic rings. The topological polar surface area (TPSA) is 72.2 Å². The second-order valence-corrected chi connectivity index (χ2v) is 5.76. The van der Waals surface area contributed by atoms with Crippen molar-refractivity contribution in [3.05, 3.63) is 74.7 Å². The van der Waals surface area contributed by atoms with Crippen LogP contribution < -0.4 is 5.56 Å². The molecule has 2 aromatic carbocycles. The summed E-state index contributed by atoms with van der Waals surface area (Å²) in [6.07, 6.45) is 1.50. The summed E-state index contributed by atoms with van der Waals surface area (Å²) in [5.41, 5.74) is 1.57. The largest absolute Gasteiger partial charge is 0.478 e. The Balaban J connectivity index is 1.98. The fraction of sp³-hybridized carbons (Fsp3) is 0.0625. The molecule has 22 heavy (non-hydrogen) atoms. The Hall–Kier alpha value is -2.47. The lowest BCUT2D eigenvalue weighted by atomic mass is 10.1. The van der Waals surface area contributed by atoms with Gasteiger partial charge in [0.05, 0.1) is 29.3 Å². The third-order valence-electron chi connectivity index (χ3n) is 3.34. The minimum atomic E-state index is -0.971. The van der Waals surface area contributed by atoms with Crippen LogP contribution in [0.1, 0.15) is 15.9 Å². The van der Waals surface area contributed by atoms with Crippen LogP contribution in [0.2, 0.25) is 0 Å². The molecule has 0 unspecified atom stereocenters. The van der Waals surface area contributed by atoms with Gasteiger partial charge in [0.2, 0.25) is 0 Å². The third kappa shape index (κ3) is 2.78. The molecule has 0 amide bonds. The summed E-state index contributed by atoms with van der Waals surface area (Å²) < 4.78 is 2.33. The summed E-state index contributed by atoms with van der Waals surface area (Å²) in [5.74, 6) is -0.971. The van der Waals surface area contributed by atoms with Crippen molar-refractivity contribution in [1.82, 2.24) is 9.55 Å². The number of benzene rings is 2. The van der Waals surface area contributed by atoms with Gasteiger partial charge >= 0.3 is 5.97 Å². The molecule has 0 saturated carbocycles. The molecular formula is C16H11BrN2O3. The lowest BCUT2D eigenvalue weighted by Gasteiger charge is -2.07. The quantitative estimate of drug-likeness (QED) is 0.781. The minimum absolute atomic E-state index is 0.131. The number of hydrogen-bond acceptors (Lipinski definition) is 3. The summed E-state index contributed by atoms with van der Waals surface area (Å²) in [6.45, 7) is 0.341. The van der Waals surface area contributed by atoms with Gasteiger partial charge in [0.15, 0.2) is 0 Å². The molecule has 1 heterocycles. The molecule has 6 heteroatoms. The van der Waals surface area contributed by atoms with Crippen LogP contribution in [0.5, 0.6) is 0 Å². The number of carbonyl (C=O) groups is 1. The van der Waals surface area contributed by atoms with E-state index in [-0.39, 0.29) is 11.1 Å². The molecule has 0 atom stereocenters. The predicted octanol–water partition coefficient (Wildman–Crippen LogP) is 2.91. The second kappa shape index (κ2) is 5.73. The number of carboxylic acid groups (broad SMARTS) is 1. The molecule has 3 aromatic rings. The van der Waals surface area contributed by atoms with E-state index in [4.69, 9.17) is 5.11 Å².